The van der Waals surface area contributed by atoms with Gasteiger partial charge in [0.15, 0.2) is 5.65 Å². The first-order valence-corrected chi connectivity index (χ1v) is 12.2. The normalized spacial score (nSPS) is 10.9. The van der Waals surface area contributed by atoms with E-state index >= 15 is 0 Å². The number of nitro benzene ring substituents is 1. The van der Waals surface area contributed by atoms with Crippen LogP contribution in [0.3, 0.4) is 0 Å². The highest BCUT2D eigenvalue weighted by Gasteiger charge is 2.19. The zero-order valence-electron chi connectivity index (χ0n) is 20.6. The number of nitro groups is 1. The summed E-state index contributed by atoms with van der Waals surface area (Å²) in [6.07, 6.45) is 0. The molecular formula is C28H23N5O4S. The average Bonchev–Trinajstić information content (AvgIpc) is 2.93. The summed E-state index contributed by atoms with van der Waals surface area (Å²) in [5, 5.41) is 11.7. The number of nitrogen functional groups attached to an aromatic ring is 1. The van der Waals surface area contributed by atoms with Crippen molar-refractivity contribution in [2.75, 3.05) is 19.5 Å². The number of hydrogen-bond acceptors (Lipinski definition) is 8. The van der Waals surface area contributed by atoms with Gasteiger partial charge in [0.2, 0.25) is 4.77 Å². The van der Waals surface area contributed by atoms with Gasteiger partial charge in [0.05, 0.1) is 35.4 Å². The molecule has 0 amide bonds. The van der Waals surface area contributed by atoms with Gasteiger partial charge in [-0.05, 0) is 72.7 Å². The van der Waals surface area contributed by atoms with Crippen LogP contribution in [0.1, 0.15) is 6.92 Å². The van der Waals surface area contributed by atoms with Crippen LogP contribution in [0, 0.1) is 14.9 Å². The van der Waals surface area contributed by atoms with Crippen molar-refractivity contribution >= 4 is 34.8 Å². The second-order valence-corrected chi connectivity index (χ2v) is 8.67. The smallest absolute Gasteiger partial charge is 0.269 e. The lowest BCUT2D eigenvalue weighted by Gasteiger charge is -2.18. The van der Waals surface area contributed by atoms with Gasteiger partial charge in [0, 0.05) is 17.7 Å². The van der Waals surface area contributed by atoms with Gasteiger partial charge >= 0.3 is 0 Å². The second-order valence-electron chi connectivity index (χ2n) is 8.30. The SMILES string of the molecule is CCOc1ccccc1-n1c(N)c2c(-c3ccc(OC)cc3)cc(-c3ccc([N+](=O)[O-])cc3)nc2nc1=S. The quantitative estimate of drug-likeness (QED) is 0.148. The Morgan fingerprint density at radius 2 is 1.68 bits per heavy atom. The monoisotopic (exact) mass is 525 g/mol. The summed E-state index contributed by atoms with van der Waals surface area (Å²) >= 11 is 5.68. The standard InChI is InChI=1S/C28H23N5O4S/c1-3-37-24-7-5-4-6-23(24)32-26(29)25-21(17-10-14-20(36-2)15-11-17)16-22(30-27(25)31-28(32)38)18-8-12-19(13-9-18)33(34)35/h4-16H,3,29H2,1-2H3. The number of nitrogens with zero attached hydrogens (tertiary/aromatic N) is 4. The molecule has 3 aromatic carbocycles. The Morgan fingerprint density at radius 3 is 2.34 bits per heavy atom. The summed E-state index contributed by atoms with van der Waals surface area (Å²) in [5.74, 6) is 1.70. The lowest BCUT2D eigenvalue weighted by molar-refractivity contribution is -0.384. The number of anilines is 1. The van der Waals surface area contributed by atoms with E-state index in [1.807, 2.05) is 61.5 Å². The molecule has 9 nitrogen and oxygen atoms in total. The largest absolute Gasteiger partial charge is 0.497 e. The highest BCUT2D eigenvalue weighted by molar-refractivity contribution is 7.71. The van der Waals surface area contributed by atoms with Gasteiger partial charge in [-0.3, -0.25) is 14.7 Å². The summed E-state index contributed by atoms with van der Waals surface area (Å²) in [7, 11) is 1.61. The number of aromatic nitrogens is 3. The molecule has 0 bridgehead atoms. The van der Waals surface area contributed by atoms with Crippen molar-refractivity contribution < 1.29 is 14.4 Å². The van der Waals surface area contributed by atoms with Crippen LogP contribution in [0.15, 0.2) is 78.9 Å². The van der Waals surface area contributed by atoms with Crippen molar-refractivity contribution in [1.29, 1.82) is 0 Å². The minimum atomic E-state index is -0.440. The Balaban J connectivity index is 1.80. The van der Waals surface area contributed by atoms with E-state index in [0.29, 0.717) is 51.9 Å². The lowest BCUT2D eigenvalue weighted by Crippen LogP contribution is -2.11. The molecule has 10 heteroatoms. The summed E-state index contributed by atoms with van der Waals surface area (Å²) in [4.78, 5) is 20.1. The molecule has 2 N–H and O–H groups in total. The van der Waals surface area contributed by atoms with Crippen LogP contribution in [-0.4, -0.2) is 33.2 Å². The molecule has 0 atom stereocenters. The maximum absolute atomic E-state index is 11.1. The number of non-ortho nitro benzene ring substituents is 1. The summed E-state index contributed by atoms with van der Waals surface area (Å²) in [6, 6.07) is 23.1. The van der Waals surface area contributed by atoms with Crippen LogP contribution in [0.5, 0.6) is 11.5 Å². The van der Waals surface area contributed by atoms with Crippen LogP contribution in [0.4, 0.5) is 11.5 Å². The first-order valence-electron chi connectivity index (χ1n) is 11.8. The summed E-state index contributed by atoms with van der Waals surface area (Å²) in [6.45, 7) is 2.38. The minimum Gasteiger partial charge on any atom is -0.497 e. The molecule has 0 aliphatic rings. The van der Waals surface area contributed by atoms with Gasteiger partial charge in [-0.25, -0.2) is 4.98 Å². The van der Waals surface area contributed by atoms with Crippen LogP contribution < -0.4 is 15.2 Å². The van der Waals surface area contributed by atoms with Gasteiger partial charge in [-0.2, -0.15) is 4.98 Å². The topological polar surface area (TPSA) is 118 Å². The van der Waals surface area contributed by atoms with E-state index in [9.17, 15) is 10.1 Å². The molecule has 0 radical (unpaired) electrons. The van der Waals surface area contributed by atoms with Crippen molar-refractivity contribution in [3.05, 3.63) is 93.7 Å². The third-order valence-corrected chi connectivity index (χ3v) is 6.35. The van der Waals surface area contributed by atoms with E-state index < -0.39 is 4.92 Å². The molecule has 0 unspecified atom stereocenters. The molecule has 0 spiro atoms. The zero-order valence-corrected chi connectivity index (χ0v) is 21.4. The number of ether oxygens (including phenoxy) is 2. The Labute approximate surface area is 223 Å². The van der Waals surface area contributed by atoms with Gasteiger partial charge in [-0.15, -0.1) is 0 Å². The molecule has 38 heavy (non-hydrogen) atoms. The highest BCUT2D eigenvalue weighted by Crippen LogP contribution is 2.37. The molecule has 190 valence electrons. The molecule has 0 fully saturated rings. The number of rotatable bonds is 7. The van der Waals surface area contributed by atoms with Crippen molar-refractivity contribution in [3.63, 3.8) is 0 Å². The van der Waals surface area contributed by atoms with Gasteiger partial charge in [0.1, 0.15) is 17.3 Å². The second kappa shape index (κ2) is 10.3. The van der Waals surface area contributed by atoms with E-state index in [-0.39, 0.29) is 10.5 Å². The Kier molecular flexibility index (Phi) is 6.71. The van der Waals surface area contributed by atoms with Crippen molar-refractivity contribution in [2.24, 2.45) is 0 Å². The molecule has 0 saturated heterocycles. The van der Waals surface area contributed by atoms with Gasteiger partial charge in [0.25, 0.3) is 5.69 Å². The molecule has 0 aliphatic heterocycles. The maximum Gasteiger partial charge on any atom is 0.269 e. The van der Waals surface area contributed by atoms with E-state index in [2.05, 4.69) is 4.98 Å². The third-order valence-electron chi connectivity index (χ3n) is 6.07. The fraction of sp³-hybridized carbons (Fsp3) is 0.107. The van der Waals surface area contributed by atoms with Crippen LogP contribution in [0.2, 0.25) is 0 Å². The Bertz CT molecular complexity index is 1720. The van der Waals surface area contributed by atoms with Gasteiger partial charge in [-0.1, -0.05) is 24.3 Å². The number of para-hydroxylation sites is 2. The fourth-order valence-corrected chi connectivity index (χ4v) is 4.56. The van der Waals surface area contributed by atoms with E-state index in [1.165, 1.54) is 12.1 Å². The number of fused-ring (bicyclic) bond motifs is 1. The number of pyridine rings is 1. The van der Waals surface area contributed by atoms with Gasteiger partial charge < -0.3 is 15.2 Å². The number of nitrogens with two attached hydrogens (primary N) is 1. The van der Waals surface area contributed by atoms with Crippen molar-refractivity contribution in [3.8, 4) is 39.6 Å². The average molecular weight is 526 g/mol. The Morgan fingerprint density at radius 1 is 1.00 bits per heavy atom. The summed E-state index contributed by atoms with van der Waals surface area (Å²) in [5.41, 5.74) is 10.7. The first kappa shape index (κ1) is 24.8. The van der Waals surface area contributed by atoms with Crippen LogP contribution in [-0.2, 0) is 0 Å². The van der Waals surface area contributed by atoms with E-state index in [4.69, 9.17) is 32.4 Å². The molecule has 0 saturated carbocycles. The number of benzene rings is 3. The minimum absolute atomic E-state index is 0.00543. The third kappa shape index (κ3) is 4.53. The summed E-state index contributed by atoms with van der Waals surface area (Å²) < 4.78 is 13.1. The molecular weight excluding hydrogens is 502 g/mol. The Hall–Kier alpha value is -4.83. The molecule has 5 aromatic rings. The number of hydrogen-bond donors (Lipinski definition) is 1. The molecule has 0 aliphatic carbocycles. The zero-order chi connectivity index (χ0) is 26.8. The van der Waals surface area contributed by atoms with E-state index in [0.717, 1.165) is 11.1 Å². The predicted octanol–water partition coefficient (Wildman–Crippen LogP) is 6.38. The molecule has 5 rings (SSSR count). The van der Waals surface area contributed by atoms with Crippen molar-refractivity contribution in [1.82, 2.24) is 14.5 Å². The van der Waals surface area contributed by atoms with Crippen LogP contribution in [0.25, 0.3) is 39.1 Å². The van der Waals surface area contributed by atoms with Crippen LogP contribution >= 0.6 is 12.2 Å². The van der Waals surface area contributed by atoms with Crippen molar-refractivity contribution in [2.45, 2.75) is 6.92 Å². The highest BCUT2D eigenvalue weighted by atomic mass is 32.1. The number of methoxy groups -OCH3 is 1. The lowest BCUT2D eigenvalue weighted by atomic mass is 9.99. The molecule has 2 heterocycles. The molecule has 2 aromatic heterocycles. The fourth-order valence-electron chi connectivity index (χ4n) is 4.27. The van der Waals surface area contributed by atoms with E-state index in [1.54, 1.807) is 23.8 Å². The maximum atomic E-state index is 11.1. The first-order chi connectivity index (χ1) is 18.4. The predicted molar refractivity (Wildman–Crippen MR) is 149 cm³/mol.